The summed E-state index contributed by atoms with van der Waals surface area (Å²) in [4.78, 5) is 12.3. The van der Waals surface area contributed by atoms with Gasteiger partial charge in [-0.2, -0.15) is 0 Å². The monoisotopic (exact) mass is 396 g/mol. The number of rotatable bonds is 5. The van der Waals surface area contributed by atoms with E-state index >= 15 is 0 Å². The third-order valence-corrected chi connectivity index (χ3v) is 6.34. The van der Waals surface area contributed by atoms with Gasteiger partial charge in [0.1, 0.15) is 11.4 Å². The maximum atomic E-state index is 14.5. The van der Waals surface area contributed by atoms with Crippen molar-refractivity contribution in [3.05, 3.63) is 34.6 Å². The second-order valence-corrected chi connectivity index (χ2v) is 9.85. The number of ether oxygens (including phenoxy) is 1. The Morgan fingerprint density at radius 2 is 1.96 bits per heavy atom. The first kappa shape index (κ1) is 20.4. The zero-order valence-corrected chi connectivity index (χ0v) is 17.5. The predicted octanol–water partition coefficient (Wildman–Crippen LogP) is 5.07. The summed E-state index contributed by atoms with van der Waals surface area (Å²) in [5.74, 6) is 1.11. The largest absolute Gasteiger partial charge is 0.444 e. The molecule has 2 fully saturated rings. The number of amides is 1. The average Bonchev–Trinajstić information content (AvgIpc) is 2.88. The highest BCUT2D eigenvalue weighted by Gasteiger charge is 2.61. The molecule has 0 radical (unpaired) electrons. The lowest BCUT2D eigenvalue weighted by atomic mass is 9.97. The summed E-state index contributed by atoms with van der Waals surface area (Å²) >= 11 is 6.24. The van der Waals surface area contributed by atoms with E-state index in [1.54, 1.807) is 32.9 Å². The van der Waals surface area contributed by atoms with Crippen molar-refractivity contribution in [2.24, 2.45) is 17.3 Å². The number of benzene rings is 1. The molecule has 2 saturated carbocycles. The Kier molecular flexibility index (Phi) is 5.48. The summed E-state index contributed by atoms with van der Waals surface area (Å²) < 4.78 is 19.8. The van der Waals surface area contributed by atoms with Crippen LogP contribution in [0, 0.1) is 23.1 Å². The lowest BCUT2D eigenvalue weighted by Crippen LogP contribution is -2.42. The van der Waals surface area contributed by atoms with Crippen LogP contribution in [0.25, 0.3) is 0 Å². The zero-order chi connectivity index (χ0) is 20.0. The van der Waals surface area contributed by atoms with E-state index in [2.05, 4.69) is 24.5 Å². The molecule has 1 aromatic carbocycles. The molecule has 0 aliphatic heterocycles. The number of alkyl carbamates (subject to hydrolysis) is 1. The minimum absolute atomic E-state index is 0.293. The van der Waals surface area contributed by atoms with Crippen molar-refractivity contribution < 1.29 is 13.9 Å². The number of carbonyl (C=O) groups excluding carboxylic acids is 1. The van der Waals surface area contributed by atoms with Crippen LogP contribution in [0.2, 0.25) is 5.02 Å². The summed E-state index contributed by atoms with van der Waals surface area (Å²) in [5, 5.41) is 6.59. The van der Waals surface area contributed by atoms with E-state index in [4.69, 9.17) is 16.3 Å². The van der Waals surface area contributed by atoms with E-state index < -0.39 is 23.6 Å². The molecule has 6 heteroatoms. The molecule has 3 rings (SSSR count). The van der Waals surface area contributed by atoms with Crippen molar-refractivity contribution in [2.45, 2.75) is 65.1 Å². The molecule has 0 bridgehead atoms. The normalized spacial score (nSPS) is 27.0. The van der Waals surface area contributed by atoms with Gasteiger partial charge in [-0.3, -0.25) is 0 Å². The van der Waals surface area contributed by atoms with Crippen molar-refractivity contribution in [3.8, 4) is 0 Å². The standard InChI is InChI=1S/C21H30ClFN2O2/c1-20(2,3)27-19(26)25-17(18-15(22)7-6-8-16(18)23)11-24-12-9-13-14(10-12)21(13,4)5/h6-8,12-14,17,24H,9-11H2,1-5H3,(H,25,26). The van der Waals surface area contributed by atoms with Gasteiger partial charge >= 0.3 is 6.09 Å². The lowest BCUT2D eigenvalue weighted by Gasteiger charge is -2.27. The molecule has 2 aliphatic rings. The van der Waals surface area contributed by atoms with Gasteiger partial charge in [-0.25, -0.2) is 9.18 Å². The van der Waals surface area contributed by atoms with E-state index in [0.717, 1.165) is 24.7 Å². The first-order chi connectivity index (χ1) is 12.5. The Morgan fingerprint density at radius 1 is 1.33 bits per heavy atom. The predicted molar refractivity (Wildman–Crippen MR) is 105 cm³/mol. The summed E-state index contributed by atoms with van der Waals surface area (Å²) in [7, 11) is 0. The van der Waals surface area contributed by atoms with Crippen LogP contribution < -0.4 is 10.6 Å². The molecule has 1 amide bonds. The fourth-order valence-corrected chi connectivity index (χ4v) is 4.77. The topological polar surface area (TPSA) is 50.4 Å². The van der Waals surface area contributed by atoms with Gasteiger partial charge in [0.2, 0.25) is 0 Å². The molecule has 3 atom stereocenters. The Morgan fingerprint density at radius 3 is 2.52 bits per heavy atom. The molecule has 2 aliphatic carbocycles. The van der Waals surface area contributed by atoms with Crippen molar-refractivity contribution in [1.82, 2.24) is 10.6 Å². The Balaban J connectivity index is 1.68. The van der Waals surface area contributed by atoms with Gasteiger partial charge in [0.15, 0.2) is 0 Å². The number of fused-ring (bicyclic) bond motifs is 1. The van der Waals surface area contributed by atoms with Gasteiger partial charge in [0.25, 0.3) is 0 Å². The zero-order valence-electron chi connectivity index (χ0n) is 16.7. The maximum absolute atomic E-state index is 14.5. The van der Waals surface area contributed by atoms with E-state index in [9.17, 15) is 9.18 Å². The molecular weight excluding hydrogens is 367 g/mol. The summed E-state index contributed by atoms with van der Waals surface area (Å²) in [6, 6.07) is 4.35. The van der Waals surface area contributed by atoms with E-state index in [-0.39, 0.29) is 0 Å². The number of hydrogen-bond acceptors (Lipinski definition) is 3. The van der Waals surface area contributed by atoms with E-state index in [1.165, 1.54) is 6.07 Å². The van der Waals surface area contributed by atoms with Crippen LogP contribution in [0.15, 0.2) is 18.2 Å². The van der Waals surface area contributed by atoms with Crippen LogP contribution in [0.4, 0.5) is 9.18 Å². The molecule has 2 N–H and O–H groups in total. The smallest absolute Gasteiger partial charge is 0.408 e. The van der Waals surface area contributed by atoms with Crippen LogP contribution in [0.1, 0.15) is 59.1 Å². The maximum Gasteiger partial charge on any atom is 0.408 e. The molecule has 1 aromatic rings. The van der Waals surface area contributed by atoms with Crippen LogP contribution in [0.5, 0.6) is 0 Å². The van der Waals surface area contributed by atoms with Crippen molar-refractivity contribution in [3.63, 3.8) is 0 Å². The van der Waals surface area contributed by atoms with Gasteiger partial charge < -0.3 is 15.4 Å². The van der Waals surface area contributed by atoms with Gasteiger partial charge in [-0.05, 0) is 63.0 Å². The molecule has 27 heavy (non-hydrogen) atoms. The highest BCUT2D eigenvalue weighted by Crippen LogP contribution is 2.66. The quantitative estimate of drug-likeness (QED) is 0.730. The number of nitrogens with one attached hydrogen (secondary N) is 2. The van der Waals surface area contributed by atoms with E-state index in [1.807, 2.05) is 0 Å². The molecule has 0 heterocycles. The SMILES string of the molecule is CC(C)(C)OC(=O)NC(CNC1CC2C(C1)C2(C)C)c1c(F)cccc1Cl. The lowest BCUT2D eigenvalue weighted by molar-refractivity contribution is 0.0501. The third-order valence-electron chi connectivity index (χ3n) is 6.01. The van der Waals surface area contributed by atoms with Crippen molar-refractivity contribution >= 4 is 17.7 Å². The Hall–Kier alpha value is -1.33. The summed E-state index contributed by atoms with van der Waals surface area (Å²) in [6.07, 6.45) is 1.67. The molecule has 150 valence electrons. The van der Waals surface area contributed by atoms with Gasteiger partial charge in [-0.15, -0.1) is 0 Å². The molecular formula is C21H30ClFN2O2. The molecule has 3 unspecified atom stereocenters. The highest BCUT2D eigenvalue weighted by atomic mass is 35.5. The highest BCUT2D eigenvalue weighted by molar-refractivity contribution is 6.31. The van der Waals surface area contributed by atoms with E-state index in [0.29, 0.717) is 28.6 Å². The first-order valence-electron chi connectivity index (χ1n) is 9.66. The van der Waals surface area contributed by atoms with Crippen LogP contribution in [0.3, 0.4) is 0 Å². The van der Waals surface area contributed by atoms with Gasteiger partial charge in [0.05, 0.1) is 6.04 Å². The van der Waals surface area contributed by atoms with Crippen molar-refractivity contribution in [1.29, 1.82) is 0 Å². The first-order valence-corrected chi connectivity index (χ1v) is 10.0. The molecule has 4 nitrogen and oxygen atoms in total. The summed E-state index contributed by atoms with van der Waals surface area (Å²) in [6.45, 7) is 10.4. The number of carbonyl (C=O) groups is 1. The molecule has 0 spiro atoms. The van der Waals surface area contributed by atoms with Crippen LogP contribution in [-0.4, -0.2) is 24.3 Å². The Bertz CT molecular complexity index is 682. The van der Waals surface area contributed by atoms with Gasteiger partial charge in [-0.1, -0.05) is 31.5 Å². The second-order valence-electron chi connectivity index (χ2n) is 9.45. The van der Waals surface area contributed by atoms with Crippen molar-refractivity contribution in [2.75, 3.05) is 6.54 Å². The van der Waals surface area contributed by atoms with Crippen LogP contribution in [-0.2, 0) is 4.74 Å². The number of halogens is 2. The average molecular weight is 397 g/mol. The van der Waals surface area contributed by atoms with Crippen LogP contribution >= 0.6 is 11.6 Å². The fraction of sp³-hybridized carbons (Fsp3) is 0.667. The van der Waals surface area contributed by atoms with Gasteiger partial charge in [0, 0.05) is 23.2 Å². The summed E-state index contributed by atoms with van der Waals surface area (Å²) in [5.41, 5.74) is 0.127. The Labute approximate surface area is 166 Å². The minimum atomic E-state index is -0.626. The minimum Gasteiger partial charge on any atom is -0.444 e. The number of hydrogen-bond donors (Lipinski definition) is 2. The third kappa shape index (κ3) is 4.57. The molecule has 0 aromatic heterocycles. The second kappa shape index (κ2) is 7.25. The molecule has 0 saturated heterocycles. The fourth-order valence-electron chi connectivity index (χ4n) is 4.47.